The van der Waals surface area contributed by atoms with E-state index in [4.69, 9.17) is 5.73 Å². The summed E-state index contributed by atoms with van der Waals surface area (Å²) in [5.74, 6) is -0.373. The molecule has 1 nitrogen and oxygen atoms in total. The van der Waals surface area contributed by atoms with Gasteiger partial charge in [0.1, 0.15) is 0 Å². The van der Waals surface area contributed by atoms with Crippen LogP contribution < -0.4 is 5.73 Å². The Balaban J connectivity index is 2.44. The second-order valence-corrected chi connectivity index (χ2v) is 3.77. The van der Waals surface area contributed by atoms with E-state index in [9.17, 15) is 13.2 Å². The highest BCUT2D eigenvalue weighted by molar-refractivity contribution is 5.09. The first-order valence-corrected chi connectivity index (χ1v) is 3.57. The maximum atomic E-state index is 11.8. The van der Waals surface area contributed by atoms with Crippen LogP contribution in [0.5, 0.6) is 0 Å². The SMILES string of the molecule is CC1(C)C(N)C1CC(F)(F)F. The highest BCUT2D eigenvalue weighted by Gasteiger charge is 2.58. The highest BCUT2D eigenvalue weighted by atomic mass is 19.4. The largest absolute Gasteiger partial charge is 0.389 e. The van der Waals surface area contributed by atoms with Gasteiger partial charge in [-0.15, -0.1) is 0 Å². The van der Waals surface area contributed by atoms with Gasteiger partial charge in [-0.2, -0.15) is 13.2 Å². The second kappa shape index (κ2) is 2.12. The molecule has 1 aliphatic rings. The molecule has 0 aromatic carbocycles. The number of hydrogen-bond acceptors (Lipinski definition) is 1. The number of nitrogens with two attached hydrogens (primary N) is 1. The maximum absolute atomic E-state index is 11.8. The van der Waals surface area contributed by atoms with Crippen LogP contribution >= 0.6 is 0 Å². The van der Waals surface area contributed by atoms with Crippen LogP contribution in [0.25, 0.3) is 0 Å². The Hall–Kier alpha value is -0.250. The minimum Gasteiger partial charge on any atom is -0.327 e. The summed E-state index contributed by atoms with van der Waals surface area (Å²) < 4.78 is 35.4. The lowest BCUT2D eigenvalue weighted by molar-refractivity contribution is -0.140. The lowest BCUT2D eigenvalue weighted by Crippen LogP contribution is -2.12. The molecule has 2 unspecified atom stereocenters. The van der Waals surface area contributed by atoms with Gasteiger partial charge in [-0.1, -0.05) is 13.8 Å². The summed E-state index contributed by atoms with van der Waals surface area (Å²) in [6.07, 6.45) is -4.79. The molecule has 1 saturated carbocycles. The molecule has 0 spiro atoms. The number of hydrogen-bond donors (Lipinski definition) is 1. The molecule has 4 heteroatoms. The van der Waals surface area contributed by atoms with Crippen molar-refractivity contribution in [1.82, 2.24) is 0 Å². The van der Waals surface area contributed by atoms with Gasteiger partial charge in [0.2, 0.25) is 0 Å². The Morgan fingerprint density at radius 1 is 1.36 bits per heavy atom. The molecule has 0 radical (unpaired) electrons. The molecule has 1 fully saturated rings. The van der Waals surface area contributed by atoms with Gasteiger partial charge < -0.3 is 5.73 Å². The van der Waals surface area contributed by atoms with E-state index in [2.05, 4.69) is 0 Å². The minimum atomic E-state index is -4.06. The Bertz CT molecular complexity index is 162. The van der Waals surface area contributed by atoms with Crippen molar-refractivity contribution in [2.45, 2.75) is 32.5 Å². The van der Waals surface area contributed by atoms with Gasteiger partial charge in [-0.25, -0.2) is 0 Å². The molecule has 0 aromatic heterocycles. The lowest BCUT2D eigenvalue weighted by atomic mass is 10.1. The van der Waals surface area contributed by atoms with Crippen molar-refractivity contribution in [2.24, 2.45) is 17.1 Å². The fourth-order valence-electron chi connectivity index (χ4n) is 1.43. The summed E-state index contributed by atoms with van der Waals surface area (Å²) in [6, 6.07) is -0.274. The first kappa shape index (κ1) is 8.84. The predicted octanol–water partition coefficient (Wildman–Crippen LogP) is 1.92. The van der Waals surface area contributed by atoms with Crippen LogP contribution in [0.15, 0.2) is 0 Å². The zero-order valence-corrected chi connectivity index (χ0v) is 6.57. The van der Waals surface area contributed by atoms with Crippen molar-refractivity contribution in [2.75, 3.05) is 0 Å². The monoisotopic (exact) mass is 167 g/mol. The van der Waals surface area contributed by atoms with Gasteiger partial charge in [0.15, 0.2) is 0 Å². The topological polar surface area (TPSA) is 26.0 Å². The quantitative estimate of drug-likeness (QED) is 0.634. The van der Waals surface area contributed by atoms with Gasteiger partial charge in [0.05, 0.1) is 0 Å². The van der Waals surface area contributed by atoms with Crippen molar-refractivity contribution < 1.29 is 13.2 Å². The van der Waals surface area contributed by atoms with Crippen LogP contribution in [0.4, 0.5) is 13.2 Å². The van der Waals surface area contributed by atoms with E-state index >= 15 is 0 Å². The van der Waals surface area contributed by atoms with Gasteiger partial charge in [-0.3, -0.25) is 0 Å². The molecule has 1 rings (SSSR count). The van der Waals surface area contributed by atoms with Crippen molar-refractivity contribution in [1.29, 1.82) is 0 Å². The summed E-state index contributed by atoms with van der Waals surface area (Å²) in [5.41, 5.74) is 5.14. The van der Waals surface area contributed by atoms with E-state index in [-0.39, 0.29) is 17.4 Å². The zero-order valence-electron chi connectivity index (χ0n) is 6.57. The molecule has 0 aromatic rings. The summed E-state index contributed by atoms with van der Waals surface area (Å²) in [5, 5.41) is 0. The third kappa shape index (κ3) is 1.67. The van der Waals surface area contributed by atoms with Crippen LogP contribution in [0.3, 0.4) is 0 Å². The molecule has 11 heavy (non-hydrogen) atoms. The van der Waals surface area contributed by atoms with Gasteiger partial charge in [0.25, 0.3) is 0 Å². The summed E-state index contributed by atoms with van der Waals surface area (Å²) in [6.45, 7) is 3.54. The van der Waals surface area contributed by atoms with E-state index in [1.807, 2.05) is 0 Å². The predicted molar refractivity (Wildman–Crippen MR) is 35.9 cm³/mol. The summed E-state index contributed by atoms with van der Waals surface area (Å²) >= 11 is 0. The average molecular weight is 167 g/mol. The molecule has 2 N–H and O–H groups in total. The van der Waals surface area contributed by atoms with Crippen molar-refractivity contribution in [3.8, 4) is 0 Å². The van der Waals surface area contributed by atoms with Crippen LogP contribution in [-0.4, -0.2) is 12.2 Å². The molecule has 1 aliphatic carbocycles. The third-order valence-electron chi connectivity index (χ3n) is 2.59. The Morgan fingerprint density at radius 2 is 1.73 bits per heavy atom. The van der Waals surface area contributed by atoms with Crippen LogP contribution in [-0.2, 0) is 0 Å². The smallest absolute Gasteiger partial charge is 0.327 e. The molecule has 0 amide bonds. The first-order valence-electron chi connectivity index (χ1n) is 3.57. The van der Waals surface area contributed by atoms with E-state index in [1.165, 1.54) is 0 Å². The maximum Gasteiger partial charge on any atom is 0.389 e. The molecule has 0 heterocycles. The highest BCUT2D eigenvalue weighted by Crippen LogP contribution is 2.54. The standard InChI is InChI=1S/C7H12F3N/c1-6(2)4(5(6)11)3-7(8,9)10/h4-5H,3,11H2,1-2H3. The van der Waals surface area contributed by atoms with Crippen LogP contribution in [0, 0.1) is 11.3 Å². The number of halogens is 3. The van der Waals surface area contributed by atoms with E-state index < -0.39 is 12.6 Å². The molecular weight excluding hydrogens is 155 g/mol. The zero-order chi connectivity index (χ0) is 8.86. The third-order valence-corrected chi connectivity index (χ3v) is 2.59. The molecular formula is C7H12F3N. The van der Waals surface area contributed by atoms with E-state index in [1.54, 1.807) is 13.8 Å². The van der Waals surface area contributed by atoms with Crippen LogP contribution in [0.1, 0.15) is 20.3 Å². The Morgan fingerprint density at radius 3 is 1.82 bits per heavy atom. The lowest BCUT2D eigenvalue weighted by Gasteiger charge is -2.05. The average Bonchev–Trinajstić information content (AvgIpc) is 2.14. The minimum absolute atomic E-state index is 0.274. The van der Waals surface area contributed by atoms with Gasteiger partial charge >= 0.3 is 6.18 Å². The van der Waals surface area contributed by atoms with E-state index in [0.717, 1.165) is 0 Å². The normalized spacial score (nSPS) is 35.5. The Kier molecular flexibility index (Phi) is 1.71. The van der Waals surface area contributed by atoms with Gasteiger partial charge in [-0.05, 0) is 11.3 Å². The summed E-state index contributed by atoms with van der Waals surface area (Å²) in [4.78, 5) is 0. The van der Waals surface area contributed by atoms with Crippen molar-refractivity contribution in [3.05, 3.63) is 0 Å². The molecule has 0 bridgehead atoms. The molecule has 0 aliphatic heterocycles. The molecule has 0 saturated heterocycles. The number of rotatable bonds is 1. The number of alkyl halides is 3. The Labute approximate surface area is 63.8 Å². The van der Waals surface area contributed by atoms with Crippen LogP contribution in [0.2, 0.25) is 0 Å². The summed E-state index contributed by atoms with van der Waals surface area (Å²) in [7, 11) is 0. The second-order valence-electron chi connectivity index (χ2n) is 3.77. The van der Waals surface area contributed by atoms with Gasteiger partial charge in [0, 0.05) is 12.5 Å². The van der Waals surface area contributed by atoms with Crippen molar-refractivity contribution in [3.63, 3.8) is 0 Å². The molecule has 66 valence electrons. The fourth-order valence-corrected chi connectivity index (χ4v) is 1.43. The fraction of sp³-hybridized carbons (Fsp3) is 1.00. The van der Waals surface area contributed by atoms with E-state index in [0.29, 0.717) is 0 Å². The van der Waals surface area contributed by atoms with Crippen molar-refractivity contribution >= 4 is 0 Å². The first-order chi connectivity index (χ1) is 4.75. The molecule has 2 atom stereocenters.